The predicted molar refractivity (Wildman–Crippen MR) is 156 cm³/mol. The Bertz CT molecular complexity index is 1470. The van der Waals surface area contributed by atoms with Gasteiger partial charge in [-0.2, -0.15) is 13.2 Å². The lowest BCUT2D eigenvalue weighted by Gasteiger charge is -2.46. The number of hydrogen-bond donors (Lipinski definition) is 1. The van der Waals surface area contributed by atoms with Crippen LogP contribution in [0.15, 0.2) is 90.5 Å². The van der Waals surface area contributed by atoms with Gasteiger partial charge in [0.2, 0.25) is 5.91 Å². The average Bonchev–Trinajstić information content (AvgIpc) is 3.82. The van der Waals surface area contributed by atoms with Crippen molar-refractivity contribution in [3.8, 4) is 0 Å². The van der Waals surface area contributed by atoms with E-state index in [1.807, 2.05) is 66.7 Å². The van der Waals surface area contributed by atoms with Gasteiger partial charge in [-0.25, -0.2) is 4.79 Å². The summed E-state index contributed by atoms with van der Waals surface area (Å²) in [6, 6.07) is 22.6. The number of nitrogens with zero attached hydrogens (tertiary/aromatic N) is 1. The van der Waals surface area contributed by atoms with Gasteiger partial charge in [0, 0.05) is 11.6 Å². The third kappa shape index (κ3) is 7.28. The fourth-order valence-electron chi connectivity index (χ4n) is 5.31. The molecule has 1 aliphatic heterocycles. The topological polar surface area (TPSA) is 67.9 Å². The highest BCUT2D eigenvalue weighted by molar-refractivity contribution is 5.95. The first-order chi connectivity index (χ1) is 20.5. The molecular weight excluding hydrogens is 557 g/mol. The van der Waals surface area contributed by atoms with E-state index < -0.39 is 29.5 Å². The maximum absolute atomic E-state index is 13.8. The minimum absolute atomic E-state index is 0.0124. The molecule has 0 bridgehead atoms. The number of rotatable bonds is 9. The van der Waals surface area contributed by atoms with Gasteiger partial charge in [-0.05, 0) is 61.9 Å². The molecule has 0 radical (unpaired) electrons. The van der Waals surface area contributed by atoms with Crippen LogP contribution in [0.2, 0.25) is 0 Å². The molecule has 43 heavy (non-hydrogen) atoms. The van der Waals surface area contributed by atoms with Crippen LogP contribution in [-0.2, 0) is 32.6 Å². The number of aryl methyl sites for hydroxylation is 1. The van der Waals surface area contributed by atoms with Crippen LogP contribution >= 0.6 is 0 Å². The molecule has 2 atom stereocenters. The predicted octanol–water partition coefficient (Wildman–Crippen LogP) is 7.23. The van der Waals surface area contributed by atoms with Crippen molar-refractivity contribution in [2.24, 2.45) is 0 Å². The summed E-state index contributed by atoms with van der Waals surface area (Å²) in [7, 11) is 0. The molecule has 0 spiro atoms. The van der Waals surface area contributed by atoms with Crippen molar-refractivity contribution in [2.45, 2.75) is 63.6 Å². The van der Waals surface area contributed by atoms with E-state index >= 15 is 0 Å². The van der Waals surface area contributed by atoms with Crippen LogP contribution in [0, 0.1) is 6.92 Å². The Hall–Kier alpha value is -4.11. The van der Waals surface area contributed by atoms with Gasteiger partial charge in [-0.15, -0.1) is 0 Å². The van der Waals surface area contributed by atoms with Crippen molar-refractivity contribution < 1.29 is 32.2 Å². The SMILES string of the molecule is Cc1cc([C@@H](C)OC[C@@]2(c3ccccc3)CC=C(C(=O)NC3CC3)CN2C(=O)OCc2ccccc2)cc(C(F)(F)F)c1. The second-order valence-electron chi connectivity index (χ2n) is 11.3. The Balaban J connectivity index is 1.47. The van der Waals surface area contributed by atoms with Gasteiger partial charge in [-0.3, -0.25) is 9.69 Å². The molecule has 1 N–H and O–H groups in total. The normalized spacial score (nSPS) is 19.4. The number of halogens is 3. The molecule has 0 unspecified atom stereocenters. The molecule has 3 aromatic rings. The van der Waals surface area contributed by atoms with Gasteiger partial charge in [-0.1, -0.05) is 78.4 Å². The molecule has 0 aromatic heterocycles. The lowest BCUT2D eigenvalue weighted by Crippen LogP contribution is -2.56. The number of alkyl halides is 3. The summed E-state index contributed by atoms with van der Waals surface area (Å²) in [6.45, 7) is 3.29. The summed E-state index contributed by atoms with van der Waals surface area (Å²) in [4.78, 5) is 28.4. The van der Waals surface area contributed by atoms with Crippen LogP contribution in [0.1, 0.15) is 60.1 Å². The molecule has 0 saturated heterocycles. The van der Waals surface area contributed by atoms with E-state index in [-0.39, 0.29) is 38.1 Å². The highest BCUT2D eigenvalue weighted by Crippen LogP contribution is 2.40. The maximum Gasteiger partial charge on any atom is 0.416 e. The van der Waals surface area contributed by atoms with Gasteiger partial charge < -0.3 is 14.8 Å². The molecular formula is C34H35F3N2O4. The zero-order chi connectivity index (χ0) is 30.6. The van der Waals surface area contributed by atoms with E-state index in [4.69, 9.17) is 9.47 Å². The standard InChI is InChI=1S/C34H35F3N2O4/c1-23-17-27(19-29(18-23)34(35,36)37)24(2)43-22-33(28-11-7-4-8-12-28)16-15-26(31(40)38-30-13-14-30)20-39(33)32(41)42-21-25-9-5-3-6-10-25/h3-12,15,17-19,24,30H,13-14,16,20-22H2,1-2H3,(H,38,40)/t24-,33-/m1/s1. The van der Waals surface area contributed by atoms with Crippen molar-refractivity contribution in [3.63, 3.8) is 0 Å². The summed E-state index contributed by atoms with van der Waals surface area (Å²) in [5, 5.41) is 2.99. The zero-order valence-electron chi connectivity index (χ0n) is 24.2. The van der Waals surface area contributed by atoms with Crippen LogP contribution in [0.4, 0.5) is 18.0 Å². The van der Waals surface area contributed by atoms with Crippen LogP contribution in [0.25, 0.3) is 0 Å². The van der Waals surface area contributed by atoms with Crippen LogP contribution in [-0.4, -0.2) is 36.1 Å². The van der Waals surface area contributed by atoms with Crippen molar-refractivity contribution in [3.05, 3.63) is 118 Å². The summed E-state index contributed by atoms with van der Waals surface area (Å²) >= 11 is 0. The Morgan fingerprint density at radius 3 is 2.35 bits per heavy atom. The summed E-state index contributed by atoms with van der Waals surface area (Å²) in [5.41, 5.74) is 1.05. The van der Waals surface area contributed by atoms with Crippen LogP contribution < -0.4 is 5.32 Å². The number of nitrogens with one attached hydrogen (secondary N) is 1. The largest absolute Gasteiger partial charge is 0.445 e. The van der Waals surface area contributed by atoms with Gasteiger partial charge in [0.05, 0.1) is 30.4 Å². The van der Waals surface area contributed by atoms with Gasteiger partial charge in [0.15, 0.2) is 0 Å². The maximum atomic E-state index is 13.8. The van der Waals surface area contributed by atoms with Crippen molar-refractivity contribution in [1.82, 2.24) is 10.2 Å². The number of carbonyl (C=O) groups excluding carboxylic acids is 2. The van der Waals surface area contributed by atoms with E-state index in [0.29, 0.717) is 16.7 Å². The van der Waals surface area contributed by atoms with Gasteiger partial charge in [0.1, 0.15) is 6.61 Å². The Morgan fingerprint density at radius 1 is 1.02 bits per heavy atom. The zero-order valence-corrected chi connectivity index (χ0v) is 24.2. The molecule has 6 nitrogen and oxygen atoms in total. The average molecular weight is 593 g/mol. The highest BCUT2D eigenvalue weighted by Gasteiger charge is 2.46. The number of benzene rings is 3. The van der Waals surface area contributed by atoms with E-state index in [0.717, 1.165) is 36.1 Å². The van der Waals surface area contributed by atoms with Crippen molar-refractivity contribution in [2.75, 3.05) is 13.2 Å². The van der Waals surface area contributed by atoms with Crippen LogP contribution in [0.3, 0.4) is 0 Å². The molecule has 1 heterocycles. The third-order valence-corrected chi connectivity index (χ3v) is 7.94. The highest BCUT2D eigenvalue weighted by atomic mass is 19.4. The molecule has 5 rings (SSSR count). The van der Waals surface area contributed by atoms with Gasteiger partial charge >= 0.3 is 12.3 Å². The molecule has 3 aromatic carbocycles. The van der Waals surface area contributed by atoms with E-state index in [2.05, 4.69) is 5.32 Å². The van der Waals surface area contributed by atoms with Crippen molar-refractivity contribution >= 4 is 12.0 Å². The molecule has 1 fully saturated rings. The molecule has 2 amide bonds. The molecule has 9 heteroatoms. The molecule has 2 aliphatic rings. The number of hydrogen-bond acceptors (Lipinski definition) is 4. The molecule has 1 aliphatic carbocycles. The first-order valence-corrected chi connectivity index (χ1v) is 14.4. The number of ether oxygens (including phenoxy) is 2. The third-order valence-electron chi connectivity index (χ3n) is 7.94. The van der Waals surface area contributed by atoms with E-state index in [1.54, 1.807) is 19.9 Å². The summed E-state index contributed by atoms with van der Waals surface area (Å²) in [6.07, 6.45) is -1.90. The van der Waals surface area contributed by atoms with E-state index in [9.17, 15) is 22.8 Å². The van der Waals surface area contributed by atoms with Gasteiger partial charge in [0.25, 0.3) is 0 Å². The summed E-state index contributed by atoms with van der Waals surface area (Å²) in [5.74, 6) is -0.223. The molecule has 1 saturated carbocycles. The minimum atomic E-state index is -4.49. The van der Waals surface area contributed by atoms with E-state index in [1.165, 1.54) is 4.90 Å². The lowest BCUT2D eigenvalue weighted by molar-refractivity contribution is -0.137. The Kier molecular flexibility index (Phi) is 8.92. The second kappa shape index (κ2) is 12.6. The molecule has 226 valence electrons. The fraction of sp³-hybridized carbons (Fsp3) is 0.353. The van der Waals surface area contributed by atoms with Crippen LogP contribution in [0.5, 0.6) is 0 Å². The summed E-state index contributed by atoms with van der Waals surface area (Å²) < 4.78 is 52.7. The Morgan fingerprint density at radius 2 is 1.70 bits per heavy atom. The first kappa shape index (κ1) is 30.4. The number of carbonyl (C=O) groups is 2. The lowest BCUT2D eigenvalue weighted by atomic mass is 9.81. The second-order valence-corrected chi connectivity index (χ2v) is 11.3. The fourth-order valence-corrected chi connectivity index (χ4v) is 5.31. The Labute approximate surface area is 249 Å². The number of amides is 2. The first-order valence-electron chi connectivity index (χ1n) is 14.4. The quantitative estimate of drug-likeness (QED) is 0.285. The monoisotopic (exact) mass is 592 g/mol. The smallest absolute Gasteiger partial charge is 0.416 e. The minimum Gasteiger partial charge on any atom is -0.445 e. The van der Waals surface area contributed by atoms with Crippen molar-refractivity contribution in [1.29, 1.82) is 0 Å².